The van der Waals surface area contributed by atoms with E-state index in [2.05, 4.69) is 57.0 Å². The Morgan fingerprint density at radius 3 is 2.50 bits per heavy atom. The highest BCUT2D eigenvalue weighted by atomic mass is 79.9. The zero-order valence-corrected chi connectivity index (χ0v) is 11.7. The fraction of sp³-hybridized carbons (Fsp3) is 0.250. The lowest BCUT2D eigenvalue weighted by Gasteiger charge is -2.15. The van der Waals surface area contributed by atoms with Crippen molar-refractivity contribution in [2.45, 2.75) is 13.3 Å². The predicted octanol–water partition coefficient (Wildman–Crippen LogP) is 4.24. The molecule has 0 spiro atoms. The molecule has 0 fully saturated rings. The molecule has 0 aliphatic heterocycles. The molecule has 1 heterocycles. The van der Waals surface area contributed by atoms with Crippen LogP contribution in [0.15, 0.2) is 34.2 Å². The van der Waals surface area contributed by atoms with E-state index in [1.807, 2.05) is 12.4 Å². The number of halogens is 1. The lowest BCUT2D eigenvalue weighted by molar-refractivity contribution is 1.12. The van der Waals surface area contributed by atoms with E-state index in [-0.39, 0.29) is 0 Å². The van der Waals surface area contributed by atoms with Crippen molar-refractivity contribution in [2.75, 3.05) is 11.9 Å². The van der Waals surface area contributed by atoms with Gasteiger partial charge in [0.2, 0.25) is 0 Å². The molecule has 0 bridgehead atoms. The average molecular weight is 297 g/mol. The summed E-state index contributed by atoms with van der Waals surface area (Å²) >= 11 is 5.00. The summed E-state index contributed by atoms with van der Waals surface area (Å²) in [5.74, 6) is 0. The molecule has 2 aromatic rings. The third-order valence-corrected chi connectivity index (χ3v) is 4.11. The van der Waals surface area contributed by atoms with Crippen molar-refractivity contribution in [3.63, 3.8) is 0 Å². The highest BCUT2D eigenvalue weighted by Gasteiger charge is 2.07. The van der Waals surface area contributed by atoms with Gasteiger partial charge in [0.05, 0.1) is 0 Å². The Morgan fingerprint density at radius 1 is 1.31 bits per heavy atom. The Hall–Kier alpha value is -0.870. The zero-order valence-electron chi connectivity index (χ0n) is 9.27. The lowest BCUT2D eigenvalue weighted by atomic mass is 10.1. The SMILES string of the molecule is CCc1ccc(N(C)c2nc(Br)cs2)cc1. The van der Waals surface area contributed by atoms with Crippen molar-refractivity contribution in [1.29, 1.82) is 0 Å². The van der Waals surface area contributed by atoms with Crippen LogP contribution in [0.1, 0.15) is 12.5 Å². The number of thiazole rings is 1. The molecule has 0 aliphatic carbocycles. The van der Waals surface area contributed by atoms with Crippen molar-refractivity contribution in [1.82, 2.24) is 4.98 Å². The molecule has 0 N–H and O–H groups in total. The maximum Gasteiger partial charge on any atom is 0.190 e. The molecular formula is C12H13BrN2S. The molecule has 84 valence electrons. The van der Waals surface area contributed by atoms with Crippen LogP contribution in [0.25, 0.3) is 0 Å². The van der Waals surface area contributed by atoms with Gasteiger partial charge in [-0.1, -0.05) is 19.1 Å². The number of rotatable bonds is 3. The summed E-state index contributed by atoms with van der Waals surface area (Å²) in [5.41, 5.74) is 2.52. The maximum atomic E-state index is 4.39. The molecule has 0 radical (unpaired) electrons. The predicted molar refractivity (Wildman–Crippen MR) is 73.7 cm³/mol. The van der Waals surface area contributed by atoms with Gasteiger partial charge in [0.1, 0.15) is 4.60 Å². The summed E-state index contributed by atoms with van der Waals surface area (Å²) in [6, 6.07) is 8.59. The van der Waals surface area contributed by atoms with Crippen LogP contribution >= 0.6 is 27.3 Å². The van der Waals surface area contributed by atoms with Crippen LogP contribution in [0, 0.1) is 0 Å². The van der Waals surface area contributed by atoms with Gasteiger partial charge in [-0.25, -0.2) is 4.98 Å². The average Bonchev–Trinajstić information content (AvgIpc) is 2.75. The number of anilines is 2. The van der Waals surface area contributed by atoms with Crippen LogP contribution in [-0.4, -0.2) is 12.0 Å². The highest BCUT2D eigenvalue weighted by Crippen LogP contribution is 2.28. The molecule has 16 heavy (non-hydrogen) atoms. The maximum absolute atomic E-state index is 4.39. The third-order valence-electron chi connectivity index (χ3n) is 2.48. The van der Waals surface area contributed by atoms with Gasteiger partial charge < -0.3 is 4.90 Å². The van der Waals surface area contributed by atoms with E-state index in [4.69, 9.17) is 0 Å². The molecule has 1 aromatic heterocycles. The van der Waals surface area contributed by atoms with E-state index >= 15 is 0 Å². The Balaban J connectivity index is 2.23. The van der Waals surface area contributed by atoms with Gasteiger partial charge in [-0.2, -0.15) is 0 Å². The molecule has 1 aromatic carbocycles. The van der Waals surface area contributed by atoms with Gasteiger partial charge in [0.25, 0.3) is 0 Å². The number of aromatic nitrogens is 1. The van der Waals surface area contributed by atoms with Gasteiger partial charge in [0, 0.05) is 18.1 Å². The fourth-order valence-electron chi connectivity index (χ4n) is 1.47. The van der Waals surface area contributed by atoms with Crippen molar-refractivity contribution in [3.8, 4) is 0 Å². The van der Waals surface area contributed by atoms with E-state index in [1.165, 1.54) is 11.3 Å². The minimum absolute atomic E-state index is 0.893. The van der Waals surface area contributed by atoms with Gasteiger partial charge in [-0.05, 0) is 40.0 Å². The Bertz CT molecular complexity index is 464. The van der Waals surface area contributed by atoms with E-state index in [0.29, 0.717) is 0 Å². The van der Waals surface area contributed by atoms with Gasteiger partial charge >= 0.3 is 0 Å². The van der Waals surface area contributed by atoms with Gasteiger partial charge in [-0.15, -0.1) is 11.3 Å². The van der Waals surface area contributed by atoms with Gasteiger partial charge in [-0.3, -0.25) is 0 Å². The second kappa shape index (κ2) is 4.97. The first-order valence-electron chi connectivity index (χ1n) is 5.14. The van der Waals surface area contributed by atoms with Crippen molar-refractivity contribution < 1.29 is 0 Å². The summed E-state index contributed by atoms with van der Waals surface area (Å²) in [4.78, 5) is 6.48. The first-order valence-corrected chi connectivity index (χ1v) is 6.81. The van der Waals surface area contributed by atoms with Crippen LogP contribution in [0.3, 0.4) is 0 Å². The largest absolute Gasteiger partial charge is 0.321 e. The van der Waals surface area contributed by atoms with Crippen molar-refractivity contribution in [2.24, 2.45) is 0 Å². The molecule has 0 saturated carbocycles. The third kappa shape index (κ3) is 2.44. The monoisotopic (exact) mass is 296 g/mol. The summed E-state index contributed by atoms with van der Waals surface area (Å²) < 4.78 is 0.893. The van der Waals surface area contributed by atoms with Crippen LogP contribution in [0.5, 0.6) is 0 Å². The summed E-state index contributed by atoms with van der Waals surface area (Å²) in [6.45, 7) is 2.16. The minimum Gasteiger partial charge on any atom is -0.321 e. The van der Waals surface area contributed by atoms with Crippen molar-refractivity contribution in [3.05, 3.63) is 39.8 Å². The van der Waals surface area contributed by atoms with Crippen LogP contribution in [0.4, 0.5) is 10.8 Å². The molecule has 2 nitrogen and oxygen atoms in total. The standard InChI is InChI=1S/C12H13BrN2S/c1-3-9-4-6-10(7-5-9)15(2)12-14-11(13)8-16-12/h4-8H,3H2,1-2H3. The summed E-state index contributed by atoms with van der Waals surface area (Å²) in [6.07, 6.45) is 1.08. The van der Waals surface area contributed by atoms with E-state index in [1.54, 1.807) is 11.3 Å². The Labute approximate surface area is 108 Å². The van der Waals surface area contributed by atoms with E-state index in [0.717, 1.165) is 16.2 Å². The molecule has 4 heteroatoms. The van der Waals surface area contributed by atoms with Crippen LogP contribution < -0.4 is 4.90 Å². The molecule has 0 atom stereocenters. The molecular weight excluding hydrogens is 284 g/mol. The first kappa shape index (κ1) is 11.6. The lowest BCUT2D eigenvalue weighted by Crippen LogP contribution is -2.08. The number of nitrogens with zero attached hydrogens (tertiary/aromatic N) is 2. The quantitative estimate of drug-likeness (QED) is 0.842. The van der Waals surface area contributed by atoms with E-state index < -0.39 is 0 Å². The Kier molecular flexibility index (Phi) is 3.61. The number of hydrogen-bond acceptors (Lipinski definition) is 3. The Morgan fingerprint density at radius 2 is 2.00 bits per heavy atom. The highest BCUT2D eigenvalue weighted by molar-refractivity contribution is 9.10. The molecule has 0 unspecified atom stereocenters. The first-order chi connectivity index (χ1) is 7.70. The second-order valence-electron chi connectivity index (χ2n) is 3.53. The minimum atomic E-state index is 0.893. The van der Waals surface area contributed by atoms with Crippen LogP contribution in [0.2, 0.25) is 0 Å². The molecule has 0 amide bonds. The zero-order chi connectivity index (χ0) is 11.5. The number of hydrogen-bond donors (Lipinski definition) is 0. The van der Waals surface area contributed by atoms with Crippen LogP contribution in [-0.2, 0) is 6.42 Å². The number of benzene rings is 1. The normalized spacial score (nSPS) is 10.4. The van der Waals surface area contributed by atoms with E-state index in [9.17, 15) is 0 Å². The summed E-state index contributed by atoms with van der Waals surface area (Å²) in [7, 11) is 2.03. The molecule has 0 aliphatic rings. The van der Waals surface area contributed by atoms with Gasteiger partial charge in [0.15, 0.2) is 5.13 Å². The molecule has 2 rings (SSSR count). The fourth-order valence-corrected chi connectivity index (χ4v) is 2.70. The summed E-state index contributed by atoms with van der Waals surface area (Å²) in [5, 5.41) is 2.99. The smallest absolute Gasteiger partial charge is 0.190 e. The number of aryl methyl sites for hydroxylation is 1. The van der Waals surface area contributed by atoms with Crippen molar-refractivity contribution >= 4 is 38.1 Å². The second-order valence-corrected chi connectivity index (χ2v) is 5.18. The molecule has 0 saturated heterocycles. The topological polar surface area (TPSA) is 16.1 Å².